The molecule has 1 rings (SSSR count). The van der Waals surface area contributed by atoms with Crippen molar-refractivity contribution in [1.82, 2.24) is 0 Å². The van der Waals surface area contributed by atoms with Gasteiger partial charge in [-0.3, -0.25) is 4.79 Å². The van der Waals surface area contributed by atoms with E-state index in [-0.39, 0.29) is 31.0 Å². The van der Waals surface area contributed by atoms with Crippen LogP contribution in [0.1, 0.15) is 12.5 Å². The summed E-state index contributed by atoms with van der Waals surface area (Å²) in [5, 5.41) is 11.7. The minimum Gasteiger partial charge on any atom is -0.872 e. The number of ketones is 1. The molecule has 0 radical (unpaired) electrons. The standard InChI is InChI=1S/C13H11F3O5.Li/c1-2-20-12(19)11(18)7-10(17)8-4-3-5-9(6-8)21-13(14,15)16;/h3-7,17H,2H2,1H3;/q;+1/p-1/b10-7+;. The van der Waals surface area contributed by atoms with Crippen molar-refractivity contribution in [3.63, 3.8) is 0 Å². The molecule has 0 saturated carbocycles. The van der Waals surface area contributed by atoms with Gasteiger partial charge in [-0.2, -0.15) is 0 Å². The molecule has 0 unspecified atom stereocenters. The number of alkyl halides is 3. The maximum Gasteiger partial charge on any atom is 1.00 e. The second-order valence-corrected chi connectivity index (χ2v) is 3.67. The zero-order chi connectivity index (χ0) is 16.0. The summed E-state index contributed by atoms with van der Waals surface area (Å²) in [6, 6.07) is 4.14. The third kappa shape index (κ3) is 6.69. The summed E-state index contributed by atoms with van der Waals surface area (Å²) in [4.78, 5) is 22.3. The molecule has 5 nitrogen and oxygen atoms in total. The summed E-state index contributed by atoms with van der Waals surface area (Å²) < 4.78 is 44.2. The van der Waals surface area contributed by atoms with Crippen LogP contribution in [-0.2, 0) is 14.3 Å². The molecule has 0 atom stereocenters. The molecule has 0 saturated heterocycles. The molecule has 0 aliphatic heterocycles. The number of esters is 1. The van der Waals surface area contributed by atoms with E-state index in [1.807, 2.05) is 0 Å². The molecule has 0 spiro atoms. The van der Waals surface area contributed by atoms with E-state index < -0.39 is 29.6 Å². The minimum absolute atomic E-state index is 0. The molecule has 114 valence electrons. The van der Waals surface area contributed by atoms with Gasteiger partial charge in [0.1, 0.15) is 5.75 Å². The molecule has 0 heterocycles. The Balaban J connectivity index is 0.00000441. The van der Waals surface area contributed by atoms with Gasteiger partial charge in [0.2, 0.25) is 0 Å². The van der Waals surface area contributed by atoms with Gasteiger partial charge >= 0.3 is 31.2 Å². The van der Waals surface area contributed by atoms with Crippen LogP contribution in [0.4, 0.5) is 13.2 Å². The van der Waals surface area contributed by atoms with Gasteiger partial charge in [-0.05, 0) is 30.7 Å². The fourth-order valence-corrected chi connectivity index (χ4v) is 1.31. The molecule has 0 fully saturated rings. The summed E-state index contributed by atoms with van der Waals surface area (Å²) in [5.41, 5.74) is -0.227. The fourth-order valence-electron chi connectivity index (χ4n) is 1.31. The van der Waals surface area contributed by atoms with Gasteiger partial charge < -0.3 is 14.6 Å². The molecule has 9 heteroatoms. The Kier molecular flexibility index (Phi) is 7.77. The van der Waals surface area contributed by atoms with Crippen molar-refractivity contribution in [3.05, 3.63) is 35.9 Å². The number of benzene rings is 1. The molecule has 0 bridgehead atoms. The van der Waals surface area contributed by atoms with Gasteiger partial charge in [-0.25, -0.2) is 4.79 Å². The molecular weight excluding hydrogens is 300 g/mol. The normalized spacial score (nSPS) is 11.4. The van der Waals surface area contributed by atoms with Crippen LogP contribution in [0.5, 0.6) is 5.75 Å². The molecule has 0 N–H and O–H groups in total. The first-order valence-electron chi connectivity index (χ1n) is 5.69. The Morgan fingerprint density at radius 1 is 1.32 bits per heavy atom. The predicted molar refractivity (Wildman–Crippen MR) is 62.7 cm³/mol. The van der Waals surface area contributed by atoms with Gasteiger partial charge in [-0.1, -0.05) is 17.9 Å². The van der Waals surface area contributed by atoms with Gasteiger partial charge in [0.15, 0.2) is 0 Å². The van der Waals surface area contributed by atoms with Gasteiger partial charge in [-0.15, -0.1) is 13.2 Å². The smallest absolute Gasteiger partial charge is 0.872 e. The Morgan fingerprint density at radius 3 is 2.50 bits per heavy atom. The zero-order valence-electron chi connectivity index (χ0n) is 11.8. The minimum atomic E-state index is -4.90. The van der Waals surface area contributed by atoms with Crippen molar-refractivity contribution in [2.75, 3.05) is 6.61 Å². The third-order valence-corrected chi connectivity index (χ3v) is 2.09. The SMILES string of the molecule is CCOC(=O)C(=O)/C=C(/[O-])c1cccc(OC(F)(F)F)c1.[Li+]. The summed E-state index contributed by atoms with van der Waals surface area (Å²) in [7, 11) is 0. The van der Waals surface area contributed by atoms with Crippen LogP contribution < -0.4 is 28.7 Å². The van der Waals surface area contributed by atoms with Gasteiger partial charge in [0, 0.05) is 0 Å². The largest absolute Gasteiger partial charge is 1.00 e. The molecule has 22 heavy (non-hydrogen) atoms. The number of rotatable bonds is 5. The molecule has 1 aromatic carbocycles. The van der Waals surface area contributed by atoms with Crippen LogP contribution in [-0.4, -0.2) is 24.7 Å². The van der Waals surface area contributed by atoms with E-state index in [4.69, 9.17) is 0 Å². The summed E-state index contributed by atoms with van der Waals surface area (Å²) >= 11 is 0. The predicted octanol–water partition coefficient (Wildman–Crippen LogP) is -1.58. The molecule has 0 amide bonds. The van der Waals surface area contributed by atoms with Crippen molar-refractivity contribution >= 4 is 17.5 Å². The maximum atomic E-state index is 12.0. The van der Waals surface area contributed by atoms with E-state index in [0.29, 0.717) is 6.08 Å². The van der Waals surface area contributed by atoms with Crippen LogP contribution >= 0.6 is 0 Å². The molecule has 1 aromatic rings. The average Bonchev–Trinajstić information content (AvgIpc) is 2.37. The van der Waals surface area contributed by atoms with Crippen molar-refractivity contribution in [2.24, 2.45) is 0 Å². The second-order valence-electron chi connectivity index (χ2n) is 3.67. The van der Waals surface area contributed by atoms with Gasteiger partial charge in [0.05, 0.1) is 6.61 Å². The Morgan fingerprint density at radius 2 is 1.95 bits per heavy atom. The van der Waals surface area contributed by atoms with Crippen LogP contribution in [0, 0.1) is 0 Å². The summed E-state index contributed by atoms with van der Waals surface area (Å²) in [6.45, 7) is 1.44. The van der Waals surface area contributed by atoms with Crippen molar-refractivity contribution in [2.45, 2.75) is 13.3 Å². The number of carbonyl (C=O) groups is 2. The Bertz CT molecular complexity index is 569. The van der Waals surface area contributed by atoms with Gasteiger partial charge in [0.25, 0.3) is 5.78 Å². The van der Waals surface area contributed by atoms with Crippen LogP contribution in [0.2, 0.25) is 0 Å². The van der Waals surface area contributed by atoms with E-state index in [0.717, 1.165) is 18.2 Å². The zero-order valence-corrected chi connectivity index (χ0v) is 11.8. The van der Waals surface area contributed by atoms with E-state index in [1.54, 1.807) is 0 Å². The second kappa shape index (κ2) is 8.51. The average molecular weight is 310 g/mol. The van der Waals surface area contributed by atoms with E-state index in [9.17, 15) is 27.9 Å². The number of hydrogen-bond donors (Lipinski definition) is 0. The van der Waals surface area contributed by atoms with E-state index in [1.165, 1.54) is 13.0 Å². The number of ether oxygens (including phenoxy) is 2. The monoisotopic (exact) mass is 310 g/mol. The maximum absolute atomic E-state index is 12.0. The first-order valence-corrected chi connectivity index (χ1v) is 5.69. The summed E-state index contributed by atoms with van der Waals surface area (Å²) in [6.07, 6.45) is -4.45. The first-order chi connectivity index (χ1) is 9.73. The first kappa shape index (κ1) is 20.1. The summed E-state index contributed by atoms with van der Waals surface area (Å²) in [5.74, 6) is -3.94. The molecule has 0 aliphatic rings. The van der Waals surface area contributed by atoms with Crippen molar-refractivity contribution in [3.8, 4) is 5.75 Å². The number of halogens is 3. The fraction of sp³-hybridized carbons (Fsp3) is 0.231. The van der Waals surface area contributed by atoms with E-state index >= 15 is 0 Å². The molecule has 0 aliphatic carbocycles. The van der Waals surface area contributed by atoms with Crippen molar-refractivity contribution < 1.29 is 56.2 Å². The Labute approximate surface area is 135 Å². The quantitative estimate of drug-likeness (QED) is 0.216. The Hall–Kier alpha value is -1.91. The topological polar surface area (TPSA) is 75.7 Å². The number of hydrogen-bond acceptors (Lipinski definition) is 5. The van der Waals surface area contributed by atoms with Crippen LogP contribution in [0.25, 0.3) is 5.76 Å². The van der Waals surface area contributed by atoms with Crippen molar-refractivity contribution in [1.29, 1.82) is 0 Å². The number of carbonyl (C=O) groups excluding carboxylic acids is 2. The molecule has 0 aromatic heterocycles. The van der Waals surface area contributed by atoms with Crippen LogP contribution in [0.3, 0.4) is 0 Å². The van der Waals surface area contributed by atoms with E-state index in [2.05, 4.69) is 9.47 Å². The van der Waals surface area contributed by atoms with Crippen LogP contribution in [0.15, 0.2) is 30.3 Å². The molecular formula is C13H10F3LiO5. The third-order valence-electron chi connectivity index (χ3n) is 2.09.